The summed E-state index contributed by atoms with van der Waals surface area (Å²) in [5.41, 5.74) is 4.62. The van der Waals surface area contributed by atoms with Gasteiger partial charge in [-0.2, -0.15) is 0 Å². The molecule has 2 heterocycles. The molecule has 2 aromatic heterocycles. The van der Waals surface area contributed by atoms with E-state index >= 15 is 0 Å². The molecule has 0 amide bonds. The van der Waals surface area contributed by atoms with Crippen molar-refractivity contribution >= 4 is 28.2 Å². The van der Waals surface area contributed by atoms with Gasteiger partial charge < -0.3 is 4.74 Å². The van der Waals surface area contributed by atoms with E-state index in [1.807, 2.05) is 32.2 Å². The Hall–Kier alpha value is -1.56. The van der Waals surface area contributed by atoms with E-state index in [9.17, 15) is 0 Å². The maximum atomic E-state index is 5.70. The number of hydrogen-bond acceptors (Lipinski definition) is 2. The first-order chi connectivity index (χ1) is 10.0. The third kappa shape index (κ3) is 2.90. The van der Waals surface area contributed by atoms with Gasteiger partial charge in [-0.05, 0) is 72.7 Å². The molecule has 3 nitrogen and oxygen atoms in total. The number of imidazole rings is 1. The van der Waals surface area contributed by atoms with E-state index in [2.05, 4.69) is 63.3 Å². The summed E-state index contributed by atoms with van der Waals surface area (Å²) in [6.07, 6.45) is 4.23. The molecule has 0 spiro atoms. The molecule has 0 radical (unpaired) electrons. The molecule has 3 rings (SSSR count). The van der Waals surface area contributed by atoms with E-state index in [4.69, 9.17) is 4.74 Å². The average Bonchev–Trinajstić information content (AvgIpc) is 2.79. The van der Waals surface area contributed by atoms with E-state index in [1.165, 1.54) is 16.7 Å². The van der Waals surface area contributed by atoms with Gasteiger partial charge in [0.25, 0.3) is 0 Å². The second-order valence-corrected chi connectivity index (χ2v) is 6.48. The summed E-state index contributed by atoms with van der Waals surface area (Å²) in [5, 5.41) is 0. The predicted molar refractivity (Wildman–Crippen MR) is 93.8 cm³/mol. The largest absolute Gasteiger partial charge is 0.491 e. The van der Waals surface area contributed by atoms with Crippen LogP contribution in [-0.4, -0.2) is 15.5 Å². The number of halogens is 1. The molecule has 3 aromatic rings. The van der Waals surface area contributed by atoms with Crippen molar-refractivity contribution in [2.75, 3.05) is 0 Å². The van der Waals surface area contributed by atoms with Crippen LogP contribution in [0.2, 0.25) is 0 Å². The molecular formula is C17H17IN2O. The quantitative estimate of drug-likeness (QED) is 0.604. The molecule has 0 bridgehead atoms. The van der Waals surface area contributed by atoms with Crippen molar-refractivity contribution < 1.29 is 4.74 Å². The highest BCUT2D eigenvalue weighted by Gasteiger charge is 2.08. The number of fused-ring (bicyclic) bond motifs is 1. The summed E-state index contributed by atoms with van der Waals surface area (Å²) in [5.74, 6) is 0.907. The second kappa shape index (κ2) is 5.67. The van der Waals surface area contributed by atoms with Crippen LogP contribution in [0.1, 0.15) is 19.4 Å². The van der Waals surface area contributed by atoms with Gasteiger partial charge in [0.15, 0.2) is 0 Å². The molecule has 0 fully saturated rings. The Morgan fingerprint density at radius 2 is 1.90 bits per heavy atom. The van der Waals surface area contributed by atoms with Gasteiger partial charge in [-0.3, -0.25) is 4.40 Å². The average molecular weight is 392 g/mol. The minimum Gasteiger partial charge on any atom is -0.491 e. The summed E-state index contributed by atoms with van der Waals surface area (Å²) >= 11 is 2.30. The van der Waals surface area contributed by atoms with Crippen LogP contribution in [0.4, 0.5) is 0 Å². The van der Waals surface area contributed by atoms with E-state index in [-0.39, 0.29) is 6.10 Å². The van der Waals surface area contributed by atoms with Gasteiger partial charge >= 0.3 is 0 Å². The lowest BCUT2D eigenvalue weighted by atomic mass is 10.0. The summed E-state index contributed by atoms with van der Waals surface area (Å²) in [6, 6.07) is 10.4. The van der Waals surface area contributed by atoms with Crippen LogP contribution >= 0.6 is 22.6 Å². The first-order valence-electron chi connectivity index (χ1n) is 6.95. The van der Waals surface area contributed by atoms with Crippen molar-refractivity contribution in [3.63, 3.8) is 0 Å². The third-order valence-corrected chi connectivity index (χ3v) is 4.14. The zero-order valence-corrected chi connectivity index (χ0v) is 14.5. The lowest BCUT2D eigenvalue weighted by molar-refractivity contribution is 0.242. The Morgan fingerprint density at radius 3 is 2.57 bits per heavy atom. The Bertz CT molecular complexity index is 775. The molecule has 0 saturated heterocycles. The Kier molecular flexibility index (Phi) is 3.89. The van der Waals surface area contributed by atoms with E-state index in [0.29, 0.717) is 0 Å². The van der Waals surface area contributed by atoms with Crippen LogP contribution in [0.25, 0.3) is 16.8 Å². The van der Waals surface area contributed by atoms with Crippen LogP contribution in [-0.2, 0) is 0 Å². The van der Waals surface area contributed by atoms with Gasteiger partial charge in [0, 0.05) is 11.8 Å². The van der Waals surface area contributed by atoms with Crippen LogP contribution in [0.15, 0.2) is 42.7 Å². The molecule has 0 saturated carbocycles. The van der Waals surface area contributed by atoms with E-state index in [0.717, 1.165) is 15.1 Å². The molecular weight excluding hydrogens is 375 g/mol. The summed E-state index contributed by atoms with van der Waals surface area (Å²) in [6.45, 7) is 6.19. The highest BCUT2D eigenvalue weighted by Crippen LogP contribution is 2.27. The van der Waals surface area contributed by atoms with Crippen LogP contribution in [0.5, 0.6) is 5.75 Å². The van der Waals surface area contributed by atoms with Gasteiger partial charge in [0.2, 0.25) is 0 Å². The number of nitrogens with zero attached hydrogens (tertiary/aromatic N) is 2. The van der Waals surface area contributed by atoms with Gasteiger partial charge in [0.1, 0.15) is 15.1 Å². The molecule has 0 atom stereocenters. The normalized spacial score (nSPS) is 11.3. The molecule has 0 aliphatic carbocycles. The Labute approximate surface area is 138 Å². The number of ether oxygens (including phenoxy) is 1. The standard InChI is InChI=1S/C17H17IN2O/c1-11(2)21-14-6-4-13(5-7-14)15-10-20-16(18)9-19-17(20)8-12(15)3/h4-11H,1-3H3. The fourth-order valence-corrected chi connectivity index (χ4v) is 2.90. The number of hydrogen-bond donors (Lipinski definition) is 0. The molecule has 0 aliphatic rings. The van der Waals surface area contributed by atoms with Gasteiger partial charge in [-0.1, -0.05) is 12.1 Å². The highest BCUT2D eigenvalue weighted by atomic mass is 127. The summed E-state index contributed by atoms with van der Waals surface area (Å²) in [7, 11) is 0. The lowest BCUT2D eigenvalue weighted by Gasteiger charge is -2.11. The van der Waals surface area contributed by atoms with Gasteiger partial charge in [-0.25, -0.2) is 4.98 Å². The number of aromatic nitrogens is 2. The van der Waals surface area contributed by atoms with Crippen molar-refractivity contribution in [2.45, 2.75) is 26.9 Å². The lowest BCUT2D eigenvalue weighted by Crippen LogP contribution is -2.05. The van der Waals surface area contributed by atoms with E-state index in [1.54, 1.807) is 0 Å². The van der Waals surface area contributed by atoms with Crippen LogP contribution < -0.4 is 4.74 Å². The molecule has 1 aromatic carbocycles. The Morgan fingerprint density at radius 1 is 1.19 bits per heavy atom. The topological polar surface area (TPSA) is 26.5 Å². The fourth-order valence-electron chi connectivity index (χ4n) is 2.38. The smallest absolute Gasteiger partial charge is 0.137 e. The number of benzene rings is 1. The molecule has 21 heavy (non-hydrogen) atoms. The first kappa shape index (κ1) is 14.4. The molecule has 0 aliphatic heterocycles. The second-order valence-electron chi connectivity index (χ2n) is 5.37. The maximum Gasteiger partial charge on any atom is 0.137 e. The fraction of sp³-hybridized carbons (Fsp3) is 0.235. The monoisotopic (exact) mass is 392 g/mol. The third-order valence-electron chi connectivity index (χ3n) is 3.35. The molecule has 4 heteroatoms. The van der Waals surface area contributed by atoms with Gasteiger partial charge in [-0.15, -0.1) is 0 Å². The minimum absolute atomic E-state index is 0.196. The highest BCUT2D eigenvalue weighted by molar-refractivity contribution is 14.1. The van der Waals surface area contributed by atoms with Crippen molar-refractivity contribution in [1.82, 2.24) is 9.38 Å². The molecule has 0 unspecified atom stereocenters. The number of rotatable bonds is 3. The SMILES string of the molecule is Cc1cc2ncc(I)n2cc1-c1ccc(OC(C)C)cc1. The maximum absolute atomic E-state index is 5.70. The van der Waals surface area contributed by atoms with Crippen molar-refractivity contribution in [3.8, 4) is 16.9 Å². The van der Waals surface area contributed by atoms with Crippen molar-refractivity contribution in [2.24, 2.45) is 0 Å². The Balaban J connectivity index is 2.03. The van der Waals surface area contributed by atoms with E-state index < -0.39 is 0 Å². The summed E-state index contributed by atoms with van der Waals surface area (Å²) < 4.78 is 8.92. The molecule has 0 N–H and O–H groups in total. The minimum atomic E-state index is 0.196. The molecule has 108 valence electrons. The zero-order chi connectivity index (χ0) is 15.0. The number of aryl methyl sites for hydroxylation is 1. The zero-order valence-electron chi connectivity index (χ0n) is 12.3. The van der Waals surface area contributed by atoms with Crippen LogP contribution in [0.3, 0.4) is 0 Å². The number of pyridine rings is 1. The van der Waals surface area contributed by atoms with Crippen molar-refractivity contribution in [3.05, 3.63) is 52.0 Å². The first-order valence-corrected chi connectivity index (χ1v) is 8.03. The van der Waals surface area contributed by atoms with Gasteiger partial charge in [0.05, 0.1) is 12.3 Å². The van der Waals surface area contributed by atoms with Crippen molar-refractivity contribution in [1.29, 1.82) is 0 Å². The van der Waals surface area contributed by atoms with Crippen LogP contribution in [0, 0.1) is 10.6 Å². The predicted octanol–water partition coefficient (Wildman–Crippen LogP) is 4.70. The summed E-state index contributed by atoms with van der Waals surface area (Å²) in [4.78, 5) is 4.40.